The number of likely N-dealkylation sites (N-methyl/N-ethyl adjacent to an activating group) is 1. The minimum absolute atomic E-state index is 0.0236. The van der Waals surface area contributed by atoms with Crippen molar-refractivity contribution in [2.75, 3.05) is 11.9 Å². The Hall–Kier alpha value is -1.42. The molecular formula is C16H21FN2O. The number of nitrogens with one attached hydrogen (secondary N) is 1. The average Bonchev–Trinajstić information content (AvgIpc) is 2.90. The molecule has 3 nitrogen and oxygen atoms in total. The second kappa shape index (κ2) is 5.52. The van der Waals surface area contributed by atoms with Gasteiger partial charge in [-0.2, -0.15) is 0 Å². The summed E-state index contributed by atoms with van der Waals surface area (Å²) in [6.45, 7) is 0. The van der Waals surface area contributed by atoms with Crippen molar-refractivity contribution in [1.29, 1.82) is 0 Å². The molecule has 20 heavy (non-hydrogen) atoms. The van der Waals surface area contributed by atoms with Crippen LogP contribution in [0.4, 0.5) is 10.1 Å². The molecule has 1 aromatic carbocycles. The average molecular weight is 276 g/mol. The van der Waals surface area contributed by atoms with E-state index in [2.05, 4.69) is 5.32 Å². The van der Waals surface area contributed by atoms with Gasteiger partial charge in [-0.3, -0.25) is 4.79 Å². The van der Waals surface area contributed by atoms with Crippen molar-refractivity contribution < 1.29 is 9.18 Å². The van der Waals surface area contributed by atoms with Crippen LogP contribution in [-0.2, 0) is 4.79 Å². The highest BCUT2D eigenvalue weighted by molar-refractivity contribution is 5.97. The maximum absolute atomic E-state index is 13.8. The van der Waals surface area contributed by atoms with E-state index in [9.17, 15) is 9.18 Å². The number of hydrogen-bond donors (Lipinski definition) is 1. The van der Waals surface area contributed by atoms with Crippen molar-refractivity contribution in [3.8, 4) is 0 Å². The molecule has 0 spiro atoms. The van der Waals surface area contributed by atoms with Gasteiger partial charge in [0.2, 0.25) is 5.91 Å². The Kier molecular flexibility index (Phi) is 3.74. The molecular weight excluding hydrogens is 255 g/mol. The summed E-state index contributed by atoms with van der Waals surface area (Å²) in [5.41, 5.74) is 0.356. The molecule has 0 aromatic heterocycles. The predicted molar refractivity (Wildman–Crippen MR) is 77.1 cm³/mol. The number of amides is 1. The van der Waals surface area contributed by atoms with Gasteiger partial charge < -0.3 is 10.2 Å². The summed E-state index contributed by atoms with van der Waals surface area (Å²) in [4.78, 5) is 14.0. The number of nitrogens with zero attached hydrogens (tertiary/aromatic N) is 1. The summed E-state index contributed by atoms with van der Waals surface area (Å²) >= 11 is 0. The van der Waals surface area contributed by atoms with Crippen molar-refractivity contribution in [3.05, 3.63) is 30.1 Å². The molecule has 1 amide bonds. The number of anilines is 1. The fraction of sp³-hybridized carbons (Fsp3) is 0.562. The summed E-state index contributed by atoms with van der Waals surface area (Å²) in [5.74, 6) is 0.245. The number of para-hydroxylation sites is 1. The van der Waals surface area contributed by atoms with E-state index in [1.807, 2.05) is 0 Å². The molecule has 1 aromatic rings. The highest BCUT2D eigenvalue weighted by Gasteiger charge is 2.39. The molecule has 0 bridgehead atoms. The van der Waals surface area contributed by atoms with Gasteiger partial charge in [-0.15, -0.1) is 0 Å². The third-order valence-electron chi connectivity index (χ3n) is 4.71. The first-order valence-electron chi connectivity index (χ1n) is 7.45. The first-order valence-corrected chi connectivity index (χ1v) is 7.45. The Balaban J connectivity index is 1.72. The van der Waals surface area contributed by atoms with Crippen molar-refractivity contribution in [1.82, 2.24) is 5.32 Å². The third kappa shape index (κ3) is 2.44. The third-order valence-corrected chi connectivity index (χ3v) is 4.71. The van der Waals surface area contributed by atoms with Crippen LogP contribution in [0, 0.1) is 11.7 Å². The lowest BCUT2D eigenvalue weighted by Gasteiger charge is -2.24. The standard InChI is InChI=1S/C16H21FN2O/c1-19(15-9-5-3-7-12(15)17)16(20)14-10-11-6-2-4-8-13(11)18-14/h3,5,7,9,11,13-14,18H,2,4,6,8,10H2,1H3. The van der Waals surface area contributed by atoms with Gasteiger partial charge in [0.25, 0.3) is 0 Å². The maximum Gasteiger partial charge on any atom is 0.243 e. The number of fused-ring (bicyclic) bond motifs is 1. The van der Waals surface area contributed by atoms with Crippen LogP contribution < -0.4 is 10.2 Å². The molecule has 0 radical (unpaired) electrons. The highest BCUT2D eigenvalue weighted by atomic mass is 19.1. The molecule has 3 unspecified atom stereocenters. The van der Waals surface area contributed by atoms with Crippen molar-refractivity contribution in [2.45, 2.75) is 44.2 Å². The van der Waals surface area contributed by atoms with Crippen molar-refractivity contribution in [3.63, 3.8) is 0 Å². The molecule has 2 aliphatic rings. The van der Waals surface area contributed by atoms with E-state index in [0.29, 0.717) is 17.6 Å². The monoisotopic (exact) mass is 276 g/mol. The zero-order valence-corrected chi connectivity index (χ0v) is 11.8. The fourth-order valence-electron chi connectivity index (χ4n) is 3.59. The first kappa shape index (κ1) is 13.6. The number of rotatable bonds is 2. The van der Waals surface area contributed by atoms with Gasteiger partial charge in [-0.25, -0.2) is 4.39 Å². The molecule has 1 aliphatic carbocycles. The second-order valence-electron chi connectivity index (χ2n) is 5.95. The van der Waals surface area contributed by atoms with Crippen LogP contribution in [-0.4, -0.2) is 25.0 Å². The summed E-state index contributed by atoms with van der Waals surface area (Å²) in [7, 11) is 1.66. The Morgan fingerprint density at radius 1 is 1.30 bits per heavy atom. The number of hydrogen-bond acceptors (Lipinski definition) is 2. The van der Waals surface area contributed by atoms with Crippen molar-refractivity contribution in [2.24, 2.45) is 5.92 Å². The largest absolute Gasteiger partial charge is 0.311 e. The number of halogens is 1. The van der Waals surface area contributed by atoms with E-state index >= 15 is 0 Å². The summed E-state index contributed by atoms with van der Waals surface area (Å²) in [6, 6.07) is 6.75. The zero-order valence-electron chi connectivity index (χ0n) is 11.8. The van der Waals surface area contributed by atoms with Gasteiger partial charge >= 0.3 is 0 Å². The minimum atomic E-state index is -0.348. The lowest BCUT2D eigenvalue weighted by molar-refractivity contribution is -0.120. The Morgan fingerprint density at radius 2 is 2.05 bits per heavy atom. The van der Waals surface area contributed by atoms with Crippen LogP contribution in [0.3, 0.4) is 0 Å². The van der Waals surface area contributed by atoms with Crippen LogP contribution in [0.2, 0.25) is 0 Å². The second-order valence-corrected chi connectivity index (χ2v) is 5.95. The zero-order chi connectivity index (χ0) is 14.1. The normalized spacial score (nSPS) is 29.0. The highest BCUT2D eigenvalue weighted by Crippen LogP contribution is 2.34. The van der Waals surface area contributed by atoms with Gasteiger partial charge in [0.15, 0.2) is 0 Å². The van der Waals surface area contributed by atoms with E-state index in [1.165, 1.54) is 30.2 Å². The molecule has 3 atom stereocenters. The lowest BCUT2D eigenvalue weighted by atomic mass is 9.85. The Labute approximate surface area is 119 Å². The van der Waals surface area contributed by atoms with Crippen molar-refractivity contribution >= 4 is 11.6 Å². The lowest BCUT2D eigenvalue weighted by Crippen LogP contribution is -2.44. The van der Waals surface area contributed by atoms with Crippen LogP contribution in [0.1, 0.15) is 32.1 Å². The molecule has 1 saturated carbocycles. The summed E-state index contributed by atoms with van der Waals surface area (Å²) in [5, 5.41) is 3.45. The molecule has 1 aliphatic heterocycles. The van der Waals surface area contributed by atoms with Crippen LogP contribution >= 0.6 is 0 Å². The molecule has 1 saturated heterocycles. The summed E-state index contributed by atoms with van der Waals surface area (Å²) < 4.78 is 13.8. The molecule has 108 valence electrons. The molecule has 2 fully saturated rings. The van der Waals surface area contributed by atoms with E-state index in [4.69, 9.17) is 0 Å². The number of benzene rings is 1. The topological polar surface area (TPSA) is 32.3 Å². The minimum Gasteiger partial charge on any atom is -0.311 e. The Bertz CT molecular complexity index is 491. The van der Waals surface area contributed by atoms with Gasteiger partial charge in [0.1, 0.15) is 5.82 Å². The van der Waals surface area contributed by atoms with Crippen LogP contribution in [0.5, 0.6) is 0 Å². The number of carbonyl (C=O) groups excluding carboxylic acids is 1. The quantitative estimate of drug-likeness (QED) is 0.900. The van der Waals surface area contributed by atoms with Gasteiger partial charge in [-0.05, 0) is 37.3 Å². The first-order chi connectivity index (χ1) is 9.66. The van der Waals surface area contributed by atoms with E-state index in [1.54, 1.807) is 25.2 Å². The number of carbonyl (C=O) groups is 1. The Morgan fingerprint density at radius 3 is 2.80 bits per heavy atom. The molecule has 4 heteroatoms. The SMILES string of the molecule is CN(C(=O)C1CC2CCCCC2N1)c1ccccc1F. The molecule has 1 heterocycles. The predicted octanol–water partition coefficient (Wildman–Crippen LogP) is 2.71. The van der Waals surface area contributed by atoms with E-state index in [0.717, 1.165) is 12.8 Å². The molecule has 3 rings (SSSR count). The van der Waals surface area contributed by atoms with Gasteiger partial charge in [0, 0.05) is 13.1 Å². The molecule has 1 N–H and O–H groups in total. The van der Waals surface area contributed by atoms with Gasteiger partial charge in [0.05, 0.1) is 11.7 Å². The fourth-order valence-corrected chi connectivity index (χ4v) is 3.59. The van der Waals surface area contributed by atoms with E-state index in [-0.39, 0.29) is 17.8 Å². The maximum atomic E-state index is 13.8. The van der Waals surface area contributed by atoms with Crippen LogP contribution in [0.15, 0.2) is 24.3 Å². The van der Waals surface area contributed by atoms with E-state index < -0.39 is 0 Å². The van der Waals surface area contributed by atoms with Gasteiger partial charge in [-0.1, -0.05) is 25.0 Å². The van der Waals surface area contributed by atoms with Crippen LogP contribution in [0.25, 0.3) is 0 Å². The summed E-state index contributed by atoms with van der Waals surface area (Å²) in [6.07, 6.45) is 5.79. The smallest absolute Gasteiger partial charge is 0.243 e.